The first-order chi connectivity index (χ1) is 9.54. The zero-order valence-electron chi connectivity index (χ0n) is 10.4. The third kappa shape index (κ3) is 3.18. The lowest BCUT2D eigenvalue weighted by atomic mass is 9.99. The molecule has 110 valence electrons. The number of esters is 1. The Bertz CT molecular complexity index is 451. The quantitative estimate of drug-likeness (QED) is 0.528. The summed E-state index contributed by atoms with van der Waals surface area (Å²) in [5, 5.41) is 29.2. The van der Waals surface area contributed by atoms with Crippen molar-refractivity contribution in [2.45, 2.75) is 30.7 Å². The molecular weight excluding hydrogens is 332 g/mol. The van der Waals surface area contributed by atoms with E-state index in [1.807, 2.05) is 0 Å². The third-order valence-corrected chi connectivity index (χ3v) is 3.70. The van der Waals surface area contributed by atoms with Crippen LogP contribution in [0.3, 0.4) is 0 Å². The first-order valence-corrected chi connectivity index (χ1v) is 7.18. The topological polar surface area (TPSA) is 96.2 Å². The number of hydrogen-bond acceptors (Lipinski definition) is 6. The Morgan fingerprint density at radius 2 is 1.85 bits per heavy atom. The maximum Gasteiger partial charge on any atom is 0.338 e. The Labute approximate surface area is 124 Å². The predicted octanol–water partition coefficient (Wildman–Crippen LogP) is 0.0459. The lowest BCUT2D eigenvalue weighted by molar-refractivity contribution is -0.275. The van der Waals surface area contributed by atoms with Crippen molar-refractivity contribution in [3.63, 3.8) is 0 Å². The lowest BCUT2D eigenvalue weighted by Gasteiger charge is -2.39. The van der Waals surface area contributed by atoms with Crippen LogP contribution >= 0.6 is 15.9 Å². The molecule has 6 nitrogen and oxygen atoms in total. The van der Waals surface area contributed by atoms with Gasteiger partial charge in [-0.2, -0.15) is 0 Å². The summed E-state index contributed by atoms with van der Waals surface area (Å²) in [6, 6.07) is 8.28. The Morgan fingerprint density at radius 1 is 1.20 bits per heavy atom. The maximum atomic E-state index is 12.0. The predicted molar refractivity (Wildman–Crippen MR) is 72.3 cm³/mol. The van der Waals surface area contributed by atoms with Crippen molar-refractivity contribution in [1.82, 2.24) is 0 Å². The van der Waals surface area contributed by atoms with E-state index in [-0.39, 0.29) is 5.33 Å². The van der Waals surface area contributed by atoms with Gasteiger partial charge in [-0.1, -0.05) is 34.1 Å². The van der Waals surface area contributed by atoms with Crippen LogP contribution in [0.25, 0.3) is 0 Å². The van der Waals surface area contributed by atoms with Crippen LogP contribution in [-0.4, -0.2) is 57.3 Å². The van der Waals surface area contributed by atoms with E-state index in [0.29, 0.717) is 5.56 Å². The number of ether oxygens (including phenoxy) is 2. The molecule has 1 fully saturated rings. The summed E-state index contributed by atoms with van der Waals surface area (Å²) in [6.45, 7) is 0. The SMILES string of the molecule is O=C(O[C@@H]1[C@@H](O)[C@@H](O)[C@H](O)O[C@@H]1CBr)c1ccccc1. The second-order valence-electron chi connectivity index (χ2n) is 4.44. The molecule has 1 aromatic carbocycles. The molecule has 0 spiro atoms. The number of carbonyl (C=O) groups excluding carboxylic acids is 1. The number of aliphatic hydroxyl groups is 3. The fourth-order valence-electron chi connectivity index (χ4n) is 1.96. The van der Waals surface area contributed by atoms with Gasteiger partial charge in [0.2, 0.25) is 0 Å². The van der Waals surface area contributed by atoms with Gasteiger partial charge in [-0.05, 0) is 12.1 Å². The molecule has 1 aromatic rings. The van der Waals surface area contributed by atoms with Gasteiger partial charge in [0, 0.05) is 5.33 Å². The highest BCUT2D eigenvalue weighted by Crippen LogP contribution is 2.24. The summed E-state index contributed by atoms with van der Waals surface area (Å²) in [5.41, 5.74) is 0.327. The maximum absolute atomic E-state index is 12.0. The van der Waals surface area contributed by atoms with Crippen LogP contribution in [0.15, 0.2) is 30.3 Å². The standard InChI is InChI=1S/C13H15BrO6/c14-6-8-11(9(15)10(16)13(18)19-8)20-12(17)7-4-2-1-3-5-7/h1-5,8-11,13,15-16,18H,6H2/t8-,9+,10-,11+,13-/m1/s1. The summed E-state index contributed by atoms with van der Waals surface area (Å²) >= 11 is 3.15. The van der Waals surface area contributed by atoms with Crippen LogP contribution in [-0.2, 0) is 9.47 Å². The number of aliphatic hydroxyl groups excluding tert-OH is 3. The summed E-state index contributed by atoms with van der Waals surface area (Å²) in [5.74, 6) is -0.632. The third-order valence-electron chi connectivity index (χ3n) is 3.06. The van der Waals surface area contributed by atoms with Crippen LogP contribution in [0.2, 0.25) is 0 Å². The molecule has 0 radical (unpaired) electrons. The summed E-state index contributed by atoms with van der Waals surface area (Å²) < 4.78 is 10.3. The molecule has 2 rings (SSSR count). The van der Waals surface area contributed by atoms with Crippen molar-refractivity contribution in [3.05, 3.63) is 35.9 Å². The van der Waals surface area contributed by atoms with Crippen LogP contribution in [0.5, 0.6) is 0 Å². The fraction of sp³-hybridized carbons (Fsp3) is 0.462. The minimum absolute atomic E-state index is 0.237. The Morgan fingerprint density at radius 3 is 2.45 bits per heavy atom. The number of alkyl halides is 1. The van der Waals surface area contributed by atoms with Gasteiger partial charge in [0.25, 0.3) is 0 Å². The number of rotatable bonds is 3. The Balaban J connectivity index is 2.11. The van der Waals surface area contributed by atoms with Gasteiger partial charge in [0.15, 0.2) is 12.4 Å². The minimum Gasteiger partial charge on any atom is -0.453 e. The van der Waals surface area contributed by atoms with Crippen molar-refractivity contribution >= 4 is 21.9 Å². The highest BCUT2D eigenvalue weighted by molar-refractivity contribution is 9.09. The highest BCUT2D eigenvalue weighted by Gasteiger charge is 2.45. The van der Waals surface area contributed by atoms with Gasteiger partial charge in [0.05, 0.1) is 5.56 Å². The van der Waals surface area contributed by atoms with Gasteiger partial charge in [-0.25, -0.2) is 4.79 Å². The molecule has 5 atom stereocenters. The molecule has 0 bridgehead atoms. The molecule has 0 aliphatic carbocycles. The molecular formula is C13H15BrO6. The molecule has 1 aliphatic heterocycles. The number of carbonyl (C=O) groups is 1. The summed E-state index contributed by atoms with van der Waals surface area (Å²) in [6.07, 6.45) is -6.29. The summed E-state index contributed by atoms with van der Waals surface area (Å²) in [4.78, 5) is 12.0. The number of benzene rings is 1. The molecule has 7 heteroatoms. The van der Waals surface area contributed by atoms with E-state index in [0.717, 1.165) is 0 Å². The van der Waals surface area contributed by atoms with Crippen molar-refractivity contribution < 1.29 is 29.6 Å². The molecule has 0 saturated carbocycles. The average Bonchev–Trinajstić information content (AvgIpc) is 2.48. The highest BCUT2D eigenvalue weighted by atomic mass is 79.9. The largest absolute Gasteiger partial charge is 0.453 e. The van der Waals surface area contributed by atoms with Crippen molar-refractivity contribution in [1.29, 1.82) is 0 Å². The second-order valence-corrected chi connectivity index (χ2v) is 5.08. The molecule has 1 heterocycles. The first-order valence-electron chi connectivity index (χ1n) is 6.06. The molecule has 0 amide bonds. The van der Waals surface area contributed by atoms with E-state index in [2.05, 4.69) is 15.9 Å². The minimum atomic E-state index is -1.53. The summed E-state index contributed by atoms with van der Waals surface area (Å²) in [7, 11) is 0. The van der Waals surface area contributed by atoms with Crippen LogP contribution in [0.1, 0.15) is 10.4 Å². The first kappa shape index (κ1) is 15.4. The van der Waals surface area contributed by atoms with Crippen molar-refractivity contribution in [2.24, 2.45) is 0 Å². The van der Waals surface area contributed by atoms with Gasteiger partial charge >= 0.3 is 5.97 Å². The van der Waals surface area contributed by atoms with Crippen LogP contribution in [0, 0.1) is 0 Å². The van der Waals surface area contributed by atoms with E-state index < -0.39 is 36.7 Å². The molecule has 1 saturated heterocycles. The van der Waals surface area contributed by atoms with Gasteiger partial charge < -0.3 is 24.8 Å². The van der Waals surface area contributed by atoms with E-state index in [4.69, 9.17) is 9.47 Å². The van der Waals surface area contributed by atoms with Gasteiger partial charge in [0.1, 0.15) is 18.3 Å². The van der Waals surface area contributed by atoms with Crippen LogP contribution < -0.4 is 0 Å². The zero-order valence-corrected chi connectivity index (χ0v) is 12.0. The normalized spacial score (nSPS) is 33.7. The Hall–Kier alpha value is -0.990. The van der Waals surface area contributed by atoms with E-state index in [9.17, 15) is 20.1 Å². The van der Waals surface area contributed by atoms with E-state index in [1.165, 1.54) is 0 Å². The molecule has 20 heavy (non-hydrogen) atoms. The lowest BCUT2D eigenvalue weighted by Crippen LogP contribution is -2.59. The Kier molecular flexibility index (Phi) is 5.11. The van der Waals surface area contributed by atoms with Crippen molar-refractivity contribution in [3.8, 4) is 0 Å². The zero-order chi connectivity index (χ0) is 14.7. The molecule has 0 unspecified atom stereocenters. The van der Waals surface area contributed by atoms with Crippen LogP contribution in [0.4, 0.5) is 0 Å². The average molecular weight is 347 g/mol. The monoisotopic (exact) mass is 346 g/mol. The molecule has 0 aromatic heterocycles. The number of hydrogen-bond donors (Lipinski definition) is 3. The molecule has 1 aliphatic rings. The number of halogens is 1. The van der Waals surface area contributed by atoms with Gasteiger partial charge in [-0.3, -0.25) is 0 Å². The van der Waals surface area contributed by atoms with Crippen molar-refractivity contribution in [2.75, 3.05) is 5.33 Å². The van der Waals surface area contributed by atoms with E-state index >= 15 is 0 Å². The smallest absolute Gasteiger partial charge is 0.338 e. The van der Waals surface area contributed by atoms with E-state index in [1.54, 1.807) is 30.3 Å². The second kappa shape index (κ2) is 6.64. The van der Waals surface area contributed by atoms with Gasteiger partial charge in [-0.15, -0.1) is 0 Å². The fourth-order valence-corrected chi connectivity index (χ4v) is 2.48. The molecule has 3 N–H and O–H groups in total.